The van der Waals surface area contributed by atoms with Crippen molar-refractivity contribution in [3.8, 4) is 23.0 Å². The van der Waals surface area contributed by atoms with E-state index in [1.807, 2.05) is 19.1 Å². The van der Waals surface area contributed by atoms with Gasteiger partial charge in [-0.1, -0.05) is 52.3 Å². The topological polar surface area (TPSA) is 95.5 Å². The molecule has 0 atom stereocenters. The van der Waals surface area contributed by atoms with Gasteiger partial charge >= 0.3 is 18.2 Å². The lowest BCUT2D eigenvalue weighted by atomic mass is 10.2. The summed E-state index contributed by atoms with van der Waals surface area (Å²) in [6.07, 6.45) is 0.0531. The Balaban J connectivity index is 1.46. The summed E-state index contributed by atoms with van der Waals surface area (Å²) in [7, 11) is 0. The fourth-order valence-corrected chi connectivity index (χ4v) is 3.70. The summed E-state index contributed by atoms with van der Waals surface area (Å²) in [5.41, 5.74) is 3.24. The standard InChI is InChI=1S/C30H25BrN2O6/c1-2-36-24-16-13-21(14-17-24)29(35)39-27-18-15-23(31)19-22(27)20-32-33-28(34)30(37-25-9-5-3-6-10-25)38-26-11-7-4-8-12-26/h3-20,30H,2H2,1H3,(H,33,34)/b32-20+. The molecule has 198 valence electrons. The normalized spacial score (nSPS) is 10.7. The summed E-state index contributed by atoms with van der Waals surface area (Å²) in [6, 6.07) is 29.4. The first kappa shape index (κ1) is 27.4. The fraction of sp³-hybridized carbons (Fsp3) is 0.100. The number of halogens is 1. The van der Waals surface area contributed by atoms with Crippen LogP contribution in [0.4, 0.5) is 0 Å². The number of rotatable bonds is 11. The molecular weight excluding hydrogens is 564 g/mol. The molecule has 39 heavy (non-hydrogen) atoms. The average molecular weight is 589 g/mol. The van der Waals surface area contributed by atoms with Crippen molar-refractivity contribution < 1.29 is 28.5 Å². The molecule has 1 amide bonds. The number of hydrazone groups is 1. The molecule has 4 rings (SSSR count). The summed E-state index contributed by atoms with van der Waals surface area (Å²) in [5, 5.41) is 4.05. The van der Waals surface area contributed by atoms with Gasteiger partial charge in [-0.3, -0.25) is 4.79 Å². The molecular formula is C30H25BrN2O6. The number of esters is 1. The van der Waals surface area contributed by atoms with Gasteiger partial charge in [0, 0.05) is 10.0 Å². The van der Waals surface area contributed by atoms with Gasteiger partial charge in [-0.15, -0.1) is 0 Å². The van der Waals surface area contributed by atoms with Crippen molar-refractivity contribution in [3.05, 3.63) is 119 Å². The Morgan fingerprint density at radius 2 is 1.46 bits per heavy atom. The number of nitrogens with one attached hydrogen (secondary N) is 1. The van der Waals surface area contributed by atoms with Gasteiger partial charge < -0.3 is 18.9 Å². The van der Waals surface area contributed by atoms with Crippen LogP contribution in [0.15, 0.2) is 113 Å². The van der Waals surface area contributed by atoms with Crippen molar-refractivity contribution >= 4 is 34.0 Å². The maximum atomic E-state index is 13.0. The van der Waals surface area contributed by atoms with Crippen LogP contribution in [0, 0.1) is 0 Å². The minimum absolute atomic E-state index is 0.257. The van der Waals surface area contributed by atoms with Crippen molar-refractivity contribution in [1.82, 2.24) is 5.43 Å². The molecule has 9 heteroatoms. The third-order valence-corrected chi connectivity index (χ3v) is 5.63. The van der Waals surface area contributed by atoms with E-state index < -0.39 is 18.2 Å². The Morgan fingerprint density at radius 3 is 2.05 bits per heavy atom. The number of carbonyl (C=O) groups excluding carboxylic acids is 2. The molecule has 4 aromatic rings. The molecule has 0 fully saturated rings. The van der Waals surface area contributed by atoms with Gasteiger partial charge in [0.1, 0.15) is 23.0 Å². The third kappa shape index (κ3) is 8.18. The molecule has 0 radical (unpaired) electrons. The van der Waals surface area contributed by atoms with Gasteiger partial charge in [0.15, 0.2) is 0 Å². The minimum Gasteiger partial charge on any atom is -0.494 e. The van der Waals surface area contributed by atoms with E-state index in [0.29, 0.717) is 35.0 Å². The van der Waals surface area contributed by atoms with Crippen LogP contribution in [0.3, 0.4) is 0 Å². The lowest BCUT2D eigenvalue weighted by Crippen LogP contribution is -2.40. The summed E-state index contributed by atoms with van der Waals surface area (Å²) >= 11 is 3.40. The zero-order valence-electron chi connectivity index (χ0n) is 21.0. The van der Waals surface area contributed by atoms with Gasteiger partial charge in [0.25, 0.3) is 0 Å². The van der Waals surface area contributed by atoms with E-state index in [2.05, 4.69) is 26.5 Å². The summed E-state index contributed by atoms with van der Waals surface area (Å²) in [6.45, 7) is 2.41. The molecule has 1 N–H and O–H groups in total. The first-order chi connectivity index (χ1) is 19.0. The van der Waals surface area contributed by atoms with Crippen molar-refractivity contribution in [1.29, 1.82) is 0 Å². The highest BCUT2D eigenvalue weighted by Crippen LogP contribution is 2.23. The minimum atomic E-state index is -1.31. The van der Waals surface area contributed by atoms with Crippen molar-refractivity contribution in [2.75, 3.05) is 6.61 Å². The van der Waals surface area contributed by atoms with Crippen LogP contribution >= 0.6 is 15.9 Å². The van der Waals surface area contributed by atoms with Gasteiger partial charge in [0.05, 0.1) is 18.4 Å². The Hall–Kier alpha value is -4.63. The number of hydrogen-bond acceptors (Lipinski definition) is 7. The smallest absolute Gasteiger partial charge is 0.343 e. The number of nitrogens with zero attached hydrogens (tertiary/aromatic N) is 1. The predicted octanol–water partition coefficient (Wildman–Crippen LogP) is 6.00. The largest absolute Gasteiger partial charge is 0.494 e. The van der Waals surface area contributed by atoms with Crippen LogP contribution < -0.4 is 24.4 Å². The highest BCUT2D eigenvalue weighted by Gasteiger charge is 2.22. The molecule has 8 nitrogen and oxygen atoms in total. The van der Waals surface area contributed by atoms with Crippen LogP contribution in [-0.2, 0) is 4.79 Å². The van der Waals surface area contributed by atoms with Crippen LogP contribution in [0.5, 0.6) is 23.0 Å². The number of ether oxygens (including phenoxy) is 4. The summed E-state index contributed by atoms with van der Waals surface area (Å²) in [5.74, 6) is 0.634. The van der Waals surface area contributed by atoms with Gasteiger partial charge in [-0.25, -0.2) is 10.2 Å². The molecule has 0 spiro atoms. The molecule has 0 bridgehead atoms. The van der Waals surface area contributed by atoms with Crippen molar-refractivity contribution in [3.63, 3.8) is 0 Å². The maximum absolute atomic E-state index is 13.0. The van der Waals surface area contributed by atoms with E-state index in [9.17, 15) is 9.59 Å². The second-order valence-electron chi connectivity index (χ2n) is 7.96. The second kappa shape index (κ2) is 13.8. The van der Waals surface area contributed by atoms with Gasteiger partial charge in [0.2, 0.25) is 0 Å². The van der Waals surface area contributed by atoms with Crippen molar-refractivity contribution in [2.24, 2.45) is 5.10 Å². The highest BCUT2D eigenvalue weighted by atomic mass is 79.9. The zero-order chi connectivity index (χ0) is 27.5. The van der Waals surface area contributed by atoms with Crippen molar-refractivity contribution in [2.45, 2.75) is 13.2 Å². The molecule has 0 heterocycles. The van der Waals surface area contributed by atoms with E-state index in [-0.39, 0.29) is 5.75 Å². The maximum Gasteiger partial charge on any atom is 0.343 e. The van der Waals surface area contributed by atoms with E-state index in [0.717, 1.165) is 4.47 Å². The summed E-state index contributed by atoms with van der Waals surface area (Å²) < 4.78 is 23.3. The van der Waals surface area contributed by atoms with Gasteiger partial charge in [-0.05, 0) is 73.7 Å². The monoisotopic (exact) mass is 588 g/mol. The average Bonchev–Trinajstić information content (AvgIpc) is 2.95. The molecule has 0 aliphatic heterocycles. The molecule has 0 aliphatic carbocycles. The van der Waals surface area contributed by atoms with Gasteiger partial charge in [-0.2, -0.15) is 5.10 Å². The quantitative estimate of drug-likeness (QED) is 0.0758. The zero-order valence-corrected chi connectivity index (χ0v) is 22.5. The number of para-hydroxylation sites is 2. The molecule has 0 saturated heterocycles. The predicted molar refractivity (Wildman–Crippen MR) is 150 cm³/mol. The second-order valence-corrected chi connectivity index (χ2v) is 8.87. The first-order valence-corrected chi connectivity index (χ1v) is 12.8. The van der Waals surface area contributed by atoms with Crippen LogP contribution in [0.2, 0.25) is 0 Å². The van der Waals surface area contributed by atoms with Crippen LogP contribution in [0.1, 0.15) is 22.8 Å². The van der Waals surface area contributed by atoms with E-state index in [1.165, 1.54) is 6.21 Å². The lowest BCUT2D eigenvalue weighted by molar-refractivity contribution is -0.140. The Labute approximate surface area is 234 Å². The Kier molecular flexibility index (Phi) is 9.68. The van der Waals surface area contributed by atoms with E-state index in [4.69, 9.17) is 18.9 Å². The lowest BCUT2D eigenvalue weighted by Gasteiger charge is -2.18. The van der Waals surface area contributed by atoms with E-state index >= 15 is 0 Å². The van der Waals surface area contributed by atoms with E-state index in [1.54, 1.807) is 91.0 Å². The Morgan fingerprint density at radius 1 is 0.846 bits per heavy atom. The number of amides is 1. The van der Waals surface area contributed by atoms with Crippen LogP contribution in [-0.4, -0.2) is 31.0 Å². The Bertz CT molecular complexity index is 1370. The number of carbonyl (C=O) groups is 2. The first-order valence-electron chi connectivity index (χ1n) is 12.0. The fourth-order valence-electron chi connectivity index (χ4n) is 3.32. The highest BCUT2D eigenvalue weighted by molar-refractivity contribution is 9.10. The molecule has 0 aromatic heterocycles. The summed E-state index contributed by atoms with van der Waals surface area (Å²) in [4.78, 5) is 25.7. The molecule has 4 aromatic carbocycles. The number of benzene rings is 4. The number of hydrogen-bond donors (Lipinski definition) is 1. The van der Waals surface area contributed by atoms with Crippen LogP contribution in [0.25, 0.3) is 0 Å². The molecule has 0 saturated carbocycles. The molecule has 0 unspecified atom stereocenters. The third-order valence-electron chi connectivity index (χ3n) is 5.14. The SMILES string of the molecule is CCOc1ccc(C(=O)Oc2ccc(Br)cc2/C=N/NC(=O)C(Oc2ccccc2)Oc2ccccc2)cc1. The molecule has 0 aliphatic rings.